The zero-order chi connectivity index (χ0) is 12.5. The van der Waals surface area contributed by atoms with Crippen molar-refractivity contribution in [2.45, 2.75) is 44.6 Å². The van der Waals surface area contributed by atoms with Gasteiger partial charge in [0.2, 0.25) is 0 Å². The summed E-state index contributed by atoms with van der Waals surface area (Å²) in [5.74, 6) is -0.874. The van der Waals surface area contributed by atoms with Gasteiger partial charge in [-0.05, 0) is 49.3 Å². The van der Waals surface area contributed by atoms with Crippen molar-refractivity contribution in [1.82, 2.24) is 0 Å². The van der Waals surface area contributed by atoms with Gasteiger partial charge in [0, 0.05) is 5.54 Å². The molecule has 1 saturated carbocycles. The third-order valence-corrected chi connectivity index (χ3v) is 4.07. The molecule has 0 aromatic heterocycles. The van der Waals surface area contributed by atoms with Crippen LogP contribution in [-0.2, 0) is 5.54 Å². The molecule has 0 heterocycles. The first kappa shape index (κ1) is 12.5. The largest absolute Gasteiger partial charge is 0.321 e. The van der Waals surface area contributed by atoms with Crippen molar-refractivity contribution in [2.24, 2.45) is 11.7 Å². The number of halogens is 2. The Morgan fingerprint density at radius 2 is 1.88 bits per heavy atom. The van der Waals surface area contributed by atoms with E-state index in [1.807, 2.05) is 0 Å². The van der Waals surface area contributed by atoms with Crippen LogP contribution in [0.2, 0.25) is 0 Å². The molecular formula is C14H19F2N. The maximum absolute atomic E-state index is 13.2. The summed E-state index contributed by atoms with van der Waals surface area (Å²) >= 11 is 0. The molecule has 2 rings (SSSR count). The Morgan fingerprint density at radius 1 is 1.24 bits per heavy atom. The fraction of sp³-hybridized carbons (Fsp3) is 0.571. The van der Waals surface area contributed by atoms with Crippen molar-refractivity contribution in [2.75, 3.05) is 0 Å². The lowest BCUT2D eigenvalue weighted by Crippen LogP contribution is -2.40. The van der Waals surface area contributed by atoms with Crippen molar-refractivity contribution in [3.8, 4) is 0 Å². The molecule has 0 radical (unpaired) electrons. The van der Waals surface area contributed by atoms with Crippen LogP contribution in [0.3, 0.4) is 0 Å². The molecule has 1 aromatic carbocycles. The van der Waals surface area contributed by atoms with Crippen LogP contribution < -0.4 is 5.73 Å². The van der Waals surface area contributed by atoms with Gasteiger partial charge in [0.05, 0.1) is 0 Å². The third kappa shape index (κ3) is 2.49. The first-order chi connectivity index (χ1) is 8.05. The molecule has 0 saturated heterocycles. The molecule has 1 aromatic rings. The van der Waals surface area contributed by atoms with E-state index in [0.29, 0.717) is 0 Å². The van der Waals surface area contributed by atoms with E-state index in [9.17, 15) is 8.78 Å². The second kappa shape index (κ2) is 4.73. The maximum Gasteiger partial charge on any atom is 0.159 e. The fourth-order valence-electron chi connectivity index (χ4n) is 2.70. The van der Waals surface area contributed by atoms with Crippen LogP contribution in [0.4, 0.5) is 8.78 Å². The molecule has 0 spiro atoms. The summed E-state index contributed by atoms with van der Waals surface area (Å²) in [7, 11) is 0. The van der Waals surface area contributed by atoms with Crippen molar-refractivity contribution < 1.29 is 8.78 Å². The lowest BCUT2D eigenvalue weighted by Gasteiger charge is -2.37. The van der Waals surface area contributed by atoms with Gasteiger partial charge in [-0.2, -0.15) is 0 Å². The van der Waals surface area contributed by atoms with Crippen molar-refractivity contribution in [1.29, 1.82) is 0 Å². The molecule has 3 heteroatoms. The van der Waals surface area contributed by atoms with E-state index >= 15 is 0 Å². The Morgan fingerprint density at radius 3 is 2.41 bits per heavy atom. The van der Waals surface area contributed by atoms with Crippen LogP contribution in [0.1, 0.15) is 44.6 Å². The average molecular weight is 239 g/mol. The van der Waals surface area contributed by atoms with Gasteiger partial charge >= 0.3 is 0 Å². The van der Waals surface area contributed by atoms with Crippen LogP contribution >= 0.6 is 0 Å². The minimum Gasteiger partial charge on any atom is -0.321 e. The van der Waals surface area contributed by atoms with E-state index in [1.54, 1.807) is 6.07 Å². The quantitative estimate of drug-likeness (QED) is 0.836. The number of benzene rings is 1. The zero-order valence-corrected chi connectivity index (χ0v) is 10.2. The second-order valence-electron chi connectivity index (χ2n) is 5.14. The molecule has 2 N–H and O–H groups in total. The highest BCUT2D eigenvalue weighted by Crippen LogP contribution is 2.38. The molecule has 0 bridgehead atoms. The SMILES string of the molecule is CCC1CCC(N)(c2ccc(F)c(F)c2)CC1. The van der Waals surface area contributed by atoms with Crippen molar-refractivity contribution in [3.63, 3.8) is 0 Å². The predicted octanol–water partition coefficient (Wildman–Crippen LogP) is 3.72. The highest BCUT2D eigenvalue weighted by Gasteiger charge is 2.33. The Hall–Kier alpha value is -0.960. The Balaban J connectivity index is 2.18. The molecular weight excluding hydrogens is 220 g/mol. The Kier molecular flexibility index (Phi) is 3.48. The standard InChI is InChI=1S/C14H19F2N/c1-2-10-5-7-14(17,8-6-10)11-3-4-12(15)13(16)9-11/h3-4,9-10H,2,5-8,17H2,1H3. The smallest absolute Gasteiger partial charge is 0.159 e. The van der Waals surface area contributed by atoms with Crippen LogP contribution in [0.15, 0.2) is 18.2 Å². The van der Waals surface area contributed by atoms with Gasteiger partial charge in [0.15, 0.2) is 11.6 Å². The molecule has 0 aliphatic heterocycles. The average Bonchev–Trinajstić information content (AvgIpc) is 2.33. The summed E-state index contributed by atoms with van der Waals surface area (Å²) in [4.78, 5) is 0. The van der Waals surface area contributed by atoms with E-state index in [4.69, 9.17) is 5.73 Å². The van der Waals surface area contributed by atoms with Gasteiger partial charge in [0.25, 0.3) is 0 Å². The summed E-state index contributed by atoms with van der Waals surface area (Å²) in [5.41, 5.74) is 6.58. The minimum absolute atomic E-state index is 0.472. The summed E-state index contributed by atoms with van der Waals surface area (Å²) in [5, 5.41) is 0. The van der Waals surface area contributed by atoms with Gasteiger partial charge in [-0.1, -0.05) is 19.4 Å². The normalized spacial score (nSPS) is 29.3. The minimum atomic E-state index is -0.806. The lowest BCUT2D eigenvalue weighted by atomic mass is 9.73. The monoisotopic (exact) mass is 239 g/mol. The van der Waals surface area contributed by atoms with Crippen molar-refractivity contribution in [3.05, 3.63) is 35.4 Å². The summed E-state index contributed by atoms with van der Waals surface area (Å²) in [6, 6.07) is 4.04. The van der Waals surface area contributed by atoms with Gasteiger partial charge < -0.3 is 5.73 Å². The Bertz CT molecular complexity index is 395. The number of hydrogen-bond acceptors (Lipinski definition) is 1. The van der Waals surface area contributed by atoms with E-state index in [1.165, 1.54) is 18.6 Å². The molecule has 0 unspecified atom stereocenters. The predicted molar refractivity (Wildman–Crippen MR) is 64.5 cm³/mol. The number of hydrogen-bond donors (Lipinski definition) is 1. The van der Waals surface area contributed by atoms with Gasteiger partial charge in [0.1, 0.15) is 0 Å². The highest BCUT2D eigenvalue weighted by atomic mass is 19.2. The molecule has 17 heavy (non-hydrogen) atoms. The van der Waals surface area contributed by atoms with Crippen LogP contribution in [0.25, 0.3) is 0 Å². The topological polar surface area (TPSA) is 26.0 Å². The van der Waals surface area contributed by atoms with Crippen LogP contribution in [0, 0.1) is 17.6 Å². The molecule has 1 aliphatic carbocycles. The summed E-state index contributed by atoms with van der Waals surface area (Å²) in [6.07, 6.45) is 5.04. The molecule has 0 atom stereocenters. The molecule has 94 valence electrons. The van der Waals surface area contributed by atoms with Gasteiger partial charge in [-0.15, -0.1) is 0 Å². The van der Waals surface area contributed by atoms with Gasteiger partial charge in [-0.3, -0.25) is 0 Å². The van der Waals surface area contributed by atoms with E-state index in [0.717, 1.165) is 37.2 Å². The van der Waals surface area contributed by atoms with Crippen LogP contribution in [0.5, 0.6) is 0 Å². The Labute approximate surface area is 101 Å². The van der Waals surface area contributed by atoms with E-state index in [2.05, 4.69) is 6.92 Å². The van der Waals surface area contributed by atoms with Crippen molar-refractivity contribution >= 4 is 0 Å². The van der Waals surface area contributed by atoms with Gasteiger partial charge in [-0.25, -0.2) is 8.78 Å². The first-order valence-electron chi connectivity index (χ1n) is 6.29. The third-order valence-electron chi connectivity index (χ3n) is 4.07. The number of nitrogens with two attached hydrogens (primary N) is 1. The number of rotatable bonds is 2. The van der Waals surface area contributed by atoms with Crippen LogP contribution in [-0.4, -0.2) is 0 Å². The second-order valence-corrected chi connectivity index (χ2v) is 5.14. The molecule has 0 amide bonds. The fourth-order valence-corrected chi connectivity index (χ4v) is 2.70. The highest BCUT2D eigenvalue weighted by molar-refractivity contribution is 5.26. The maximum atomic E-state index is 13.2. The molecule has 1 fully saturated rings. The zero-order valence-electron chi connectivity index (χ0n) is 10.2. The molecule has 1 nitrogen and oxygen atoms in total. The first-order valence-corrected chi connectivity index (χ1v) is 6.29. The lowest BCUT2D eigenvalue weighted by molar-refractivity contribution is 0.231. The molecule has 1 aliphatic rings. The van der Waals surface area contributed by atoms with E-state index < -0.39 is 17.2 Å². The van der Waals surface area contributed by atoms with E-state index in [-0.39, 0.29) is 0 Å². The summed E-state index contributed by atoms with van der Waals surface area (Å²) in [6.45, 7) is 2.19. The summed E-state index contributed by atoms with van der Waals surface area (Å²) < 4.78 is 26.1.